The number of amides is 1. The second kappa shape index (κ2) is 7.83. The van der Waals surface area contributed by atoms with Gasteiger partial charge in [0.2, 0.25) is 0 Å². The minimum atomic E-state index is -0.824. The van der Waals surface area contributed by atoms with Gasteiger partial charge in [-0.25, -0.2) is 4.98 Å². The number of benzene rings is 2. The van der Waals surface area contributed by atoms with Gasteiger partial charge in [0.15, 0.2) is 0 Å². The van der Waals surface area contributed by atoms with Gasteiger partial charge >= 0.3 is 5.91 Å². The number of pyridine rings is 1. The molecule has 0 bridgehead atoms. The molecule has 2 aromatic heterocycles. The van der Waals surface area contributed by atoms with Gasteiger partial charge in [0.25, 0.3) is 0 Å². The molecule has 0 saturated carbocycles. The van der Waals surface area contributed by atoms with Crippen molar-refractivity contribution in [2.24, 2.45) is 11.1 Å². The number of nitroso groups, excluding NO2 is 1. The summed E-state index contributed by atoms with van der Waals surface area (Å²) in [5.74, 6) is 0.0367. The third-order valence-electron chi connectivity index (χ3n) is 5.70. The fraction of sp³-hybridized carbons (Fsp3) is 0.250. The van der Waals surface area contributed by atoms with Crippen molar-refractivity contribution in [1.82, 2.24) is 4.98 Å². The zero-order valence-corrected chi connectivity index (χ0v) is 18.0. The van der Waals surface area contributed by atoms with Crippen LogP contribution >= 0.6 is 11.3 Å². The largest absolute Gasteiger partial charge is 0.492 e. The van der Waals surface area contributed by atoms with Gasteiger partial charge in [-0.2, -0.15) is 0 Å². The highest BCUT2D eigenvalue weighted by Gasteiger charge is 2.23. The molecule has 1 amide bonds. The van der Waals surface area contributed by atoms with Gasteiger partial charge in [-0.3, -0.25) is 4.79 Å². The lowest BCUT2D eigenvalue weighted by atomic mass is 10.0. The first-order valence-electron chi connectivity index (χ1n) is 10.1. The molecule has 31 heavy (non-hydrogen) atoms. The highest BCUT2D eigenvalue weighted by Crippen LogP contribution is 2.40. The van der Waals surface area contributed by atoms with Crippen molar-refractivity contribution in [3.63, 3.8) is 0 Å². The molecule has 1 aliphatic rings. The van der Waals surface area contributed by atoms with Crippen molar-refractivity contribution in [1.29, 1.82) is 0 Å². The van der Waals surface area contributed by atoms with Crippen molar-refractivity contribution in [3.05, 3.63) is 64.1 Å². The first-order chi connectivity index (χ1) is 15.1. The van der Waals surface area contributed by atoms with E-state index in [2.05, 4.69) is 17.3 Å². The monoisotopic (exact) mass is 432 g/mol. The van der Waals surface area contributed by atoms with E-state index in [4.69, 9.17) is 14.5 Å². The molecule has 1 saturated heterocycles. The van der Waals surface area contributed by atoms with Crippen LogP contribution in [-0.4, -0.2) is 30.7 Å². The molecule has 5 rings (SSSR count). The predicted molar refractivity (Wildman–Crippen MR) is 122 cm³/mol. The summed E-state index contributed by atoms with van der Waals surface area (Å²) >= 11 is 1.62. The van der Waals surface area contributed by atoms with Crippen LogP contribution in [0.5, 0.6) is 5.75 Å². The fourth-order valence-corrected chi connectivity index (χ4v) is 5.07. The number of aromatic nitrogens is 1. The Morgan fingerprint density at radius 1 is 1.23 bits per heavy atom. The maximum absolute atomic E-state index is 12.6. The Bertz CT molecular complexity index is 1340. The number of thiophene rings is 1. The Morgan fingerprint density at radius 3 is 2.74 bits per heavy atom. The molecule has 3 heterocycles. The molecule has 2 aromatic carbocycles. The van der Waals surface area contributed by atoms with E-state index in [1.807, 2.05) is 38.1 Å². The molecule has 0 aliphatic carbocycles. The van der Waals surface area contributed by atoms with Crippen LogP contribution < -0.4 is 4.74 Å². The molecule has 1 fully saturated rings. The van der Waals surface area contributed by atoms with Crippen molar-refractivity contribution in [2.75, 3.05) is 19.8 Å². The van der Waals surface area contributed by atoms with E-state index in [9.17, 15) is 9.70 Å². The van der Waals surface area contributed by atoms with E-state index < -0.39 is 5.91 Å². The lowest BCUT2D eigenvalue weighted by molar-refractivity contribution is -0.0506. The summed E-state index contributed by atoms with van der Waals surface area (Å²) in [6.45, 7) is 5.80. The van der Waals surface area contributed by atoms with Crippen LogP contribution in [0.25, 0.3) is 31.6 Å². The average molecular weight is 433 g/mol. The summed E-state index contributed by atoms with van der Waals surface area (Å²) in [7, 11) is 0. The lowest BCUT2D eigenvalue weighted by Crippen LogP contribution is -2.32. The average Bonchev–Trinajstić information content (AvgIpc) is 3.10. The van der Waals surface area contributed by atoms with Crippen molar-refractivity contribution >= 4 is 38.2 Å². The number of aryl methyl sites for hydroxylation is 2. The highest BCUT2D eigenvalue weighted by atomic mass is 32.1. The Morgan fingerprint density at radius 2 is 2.03 bits per heavy atom. The second-order valence-electron chi connectivity index (χ2n) is 7.82. The van der Waals surface area contributed by atoms with Crippen LogP contribution in [0.4, 0.5) is 0 Å². The lowest BCUT2D eigenvalue weighted by Gasteiger charge is -2.26. The van der Waals surface area contributed by atoms with E-state index >= 15 is 0 Å². The minimum Gasteiger partial charge on any atom is -0.492 e. The topological polar surface area (TPSA) is 77.9 Å². The van der Waals surface area contributed by atoms with Gasteiger partial charge in [-0.15, -0.1) is 16.2 Å². The summed E-state index contributed by atoms with van der Waals surface area (Å²) in [5.41, 5.74) is 3.51. The number of hydrogen-bond donors (Lipinski definition) is 0. The number of fused-ring (bicyclic) bond motifs is 2. The second-order valence-corrected chi connectivity index (χ2v) is 8.87. The van der Waals surface area contributed by atoms with Crippen LogP contribution in [0.2, 0.25) is 0 Å². The molecule has 7 heteroatoms. The number of rotatable bonds is 5. The number of carbonyl (C=O) groups is 1. The van der Waals surface area contributed by atoms with Gasteiger partial charge in [0.05, 0.1) is 46.9 Å². The van der Waals surface area contributed by atoms with Gasteiger partial charge in [-0.05, 0) is 48.6 Å². The van der Waals surface area contributed by atoms with Crippen LogP contribution in [-0.2, 0) is 4.74 Å². The van der Waals surface area contributed by atoms with Crippen LogP contribution in [0, 0.1) is 24.7 Å². The summed E-state index contributed by atoms with van der Waals surface area (Å²) < 4.78 is 12.4. The van der Waals surface area contributed by atoms with Crippen molar-refractivity contribution < 1.29 is 14.3 Å². The third kappa shape index (κ3) is 3.40. The van der Waals surface area contributed by atoms with Gasteiger partial charge < -0.3 is 9.47 Å². The molecule has 0 atom stereocenters. The Kier molecular flexibility index (Phi) is 5.00. The first-order valence-corrected chi connectivity index (χ1v) is 10.9. The van der Waals surface area contributed by atoms with Crippen LogP contribution in [0.15, 0.2) is 47.6 Å². The quantitative estimate of drug-likeness (QED) is 0.380. The normalized spacial score (nSPS) is 14.0. The molecule has 156 valence electrons. The molecule has 0 N–H and O–H groups in total. The summed E-state index contributed by atoms with van der Waals surface area (Å²) in [5, 5.41) is 4.40. The van der Waals surface area contributed by atoms with Gasteiger partial charge in [0.1, 0.15) is 5.75 Å². The predicted octanol–water partition coefficient (Wildman–Crippen LogP) is 5.67. The maximum Gasteiger partial charge on any atom is 0.317 e. The van der Waals surface area contributed by atoms with Gasteiger partial charge in [-0.1, -0.05) is 24.3 Å². The number of nitrogens with zero attached hydrogens (tertiary/aromatic N) is 2. The molecular weight excluding hydrogens is 412 g/mol. The van der Waals surface area contributed by atoms with Crippen molar-refractivity contribution in [3.8, 4) is 16.3 Å². The molecule has 0 unspecified atom stereocenters. The van der Waals surface area contributed by atoms with Crippen LogP contribution in [0.1, 0.15) is 21.5 Å². The number of carbonyl (C=O) groups excluding carboxylic acids is 1. The standard InChI is InChI=1S/C24H20N2O4S/c1-13-7-8-19(30-12-15-10-29-11-15)21-17(24(27)26-28)9-18(25-22(13)21)23-14(2)16-5-3-4-6-20(16)31-23/h3-9,15H,10-12H2,1-2H3. The summed E-state index contributed by atoms with van der Waals surface area (Å²) in [4.78, 5) is 29.7. The Hall–Kier alpha value is -3.16. The van der Waals surface area contributed by atoms with E-state index in [1.165, 1.54) is 0 Å². The van der Waals surface area contributed by atoms with E-state index in [0.717, 1.165) is 26.1 Å². The highest BCUT2D eigenvalue weighted by molar-refractivity contribution is 7.22. The Labute approximate surface area is 182 Å². The van der Waals surface area contributed by atoms with E-state index in [-0.39, 0.29) is 5.56 Å². The molecule has 0 spiro atoms. The van der Waals surface area contributed by atoms with E-state index in [0.29, 0.717) is 48.1 Å². The smallest absolute Gasteiger partial charge is 0.317 e. The first kappa shape index (κ1) is 19.8. The SMILES string of the molecule is Cc1c(-c2cc(C(=O)N=O)c3c(OCC4COC4)ccc(C)c3n2)sc2ccccc12. The molecule has 0 radical (unpaired) electrons. The third-order valence-corrected chi connectivity index (χ3v) is 6.99. The van der Waals surface area contributed by atoms with Gasteiger partial charge in [0, 0.05) is 15.8 Å². The zero-order valence-electron chi connectivity index (χ0n) is 17.2. The molecule has 6 nitrogen and oxygen atoms in total. The van der Waals surface area contributed by atoms with Crippen molar-refractivity contribution in [2.45, 2.75) is 13.8 Å². The van der Waals surface area contributed by atoms with E-state index in [1.54, 1.807) is 17.4 Å². The number of ether oxygens (including phenoxy) is 2. The molecule has 4 aromatic rings. The molecular formula is C24H20N2O4S. The summed E-state index contributed by atoms with van der Waals surface area (Å²) in [6.07, 6.45) is 0. The Balaban J connectivity index is 1.72. The molecule has 1 aliphatic heterocycles. The number of hydrogen-bond acceptors (Lipinski definition) is 6. The summed E-state index contributed by atoms with van der Waals surface area (Å²) in [6, 6.07) is 13.6. The fourth-order valence-electron chi connectivity index (χ4n) is 3.90. The van der Waals surface area contributed by atoms with Crippen LogP contribution in [0.3, 0.4) is 0 Å². The zero-order chi connectivity index (χ0) is 21.5. The minimum absolute atomic E-state index is 0.218. The maximum atomic E-state index is 12.6.